The molecule has 0 fully saturated rings. The van der Waals surface area contributed by atoms with Gasteiger partial charge in [0, 0.05) is 5.56 Å². The summed E-state index contributed by atoms with van der Waals surface area (Å²) in [7, 11) is 0. The minimum atomic E-state index is -0.470. The minimum absolute atomic E-state index is 0.0672. The standard InChI is InChI=1S/C12H14O2/c1-2-6-11(9-13)12(14)10-7-4-3-5-8-10/h3-5,7-9,11H,2,6H2,1H3. The summed E-state index contributed by atoms with van der Waals surface area (Å²) in [5, 5.41) is 0. The zero-order chi connectivity index (χ0) is 10.4. The maximum Gasteiger partial charge on any atom is 0.173 e. The van der Waals surface area contributed by atoms with Crippen LogP contribution in [-0.2, 0) is 4.79 Å². The molecule has 1 rings (SSSR count). The molecule has 2 nitrogen and oxygen atoms in total. The van der Waals surface area contributed by atoms with Crippen LogP contribution in [0.5, 0.6) is 0 Å². The molecular weight excluding hydrogens is 176 g/mol. The SMILES string of the molecule is CCCC(C=O)C(=O)c1ccccc1. The van der Waals surface area contributed by atoms with Gasteiger partial charge in [-0.3, -0.25) is 4.79 Å². The molecule has 2 heteroatoms. The van der Waals surface area contributed by atoms with Crippen LogP contribution in [0.15, 0.2) is 30.3 Å². The van der Waals surface area contributed by atoms with Gasteiger partial charge in [-0.15, -0.1) is 0 Å². The molecule has 0 aliphatic heterocycles. The first kappa shape index (κ1) is 10.6. The Hall–Kier alpha value is -1.44. The highest BCUT2D eigenvalue weighted by Crippen LogP contribution is 2.11. The van der Waals surface area contributed by atoms with Gasteiger partial charge < -0.3 is 4.79 Å². The van der Waals surface area contributed by atoms with Gasteiger partial charge in [0.05, 0.1) is 5.92 Å². The lowest BCUT2D eigenvalue weighted by molar-refractivity contribution is -0.110. The molecule has 0 saturated heterocycles. The van der Waals surface area contributed by atoms with Crippen molar-refractivity contribution in [1.29, 1.82) is 0 Å². The molecular formula is C12H14O2. The largest absolute Gasteiger partial charge is 0.303 e. The van der Waals surface area contributed by atoms with Gasteiger partial charge in [-0.25, -0.2) is 0 Å². The second kappa shape index (κ2) is 5.32. The third kappa shape index (κ3) is 2.52. The van der Waals surface area contributed by atoms with Gasteiger partial charge in [-0.2, -0.15) is 0 Å². The average molecular weight is 190 g/mol. The first-order chi connectivity index (χ1) is 6.79. The molecule has 0 spiro atoms. The molecule has 0 aliphatic rings. The molecule has 74 valence electrons. The zero-order valence-electron chi connectivity index (χ0n) is 8.27. The molecule has 14 heavy (non-hydrogen) atoms. The molecule has 0 radical (unpaired) electrons. The minimum Gasteiger partial charge on any atom is -0.303 e. The number of rotatable bonds is 5. The summed E-state index contributed by atoms with van der Waals surface area (Å²) in [6.07, 6.45) is 2.23. The van der Waals surface area contributed by atoms with Gasteiger partial charge in [0.2, 0.25) is 0 Å². The first-order valence-electron chi connectivity index (χ1n) is 4.84. The maximum absolute atomic E-state index is 11.7. The number of hydrogen-bond acceptors (Lipinski definition) is 2. The molecule has 0 saturated carbocycles. The van der Waals surface area contributed by atoms with Crippen molar-refractivity contribution < 1.29 is 9.59 Å². The van der Waals surface area contributed by atoms with Crippen LogP contribution >= 0.6 is 0 Å². The van der Waals surface area contributed by atoms with Crippen molar-refractivity contribution in [2.75, 3.05) is 0 Å². The molecule has 1 aromatic carbocycles. The predicted molar refractivity (Wildman–Crippen MR) is 55.2 cm³/mol. The molecule has 0 N–H and O–H groups in total. The number of ketones is 1. The smallest absolute Gasteiger partial charge is 0.173 e. The van der Waals surface area contributed by atoms with Crippen molar-refractivity contribution in [2.45, 2.75) is 19.8 Å². The second-order valence-corrected chi connectivity index (χ2v) is 3.26. The van der Waals surface area contributed by atoms with Gasteiger partial charge in [0.1, 0.15) is 6.29 Å². The molecule has 0 bridgehead atoms. The van der Waals surface area contributed by atoms with Crippen molar-refractivity contribution in [3.63, 3.8) is 0 Å². The van der Waals surface area contributed by atoms with Crippen molar-refractivity contribution in [2.24, 2.45) is 5.92 Å². The van der Waals surface area contributed by atoms with E-state index in [9.17, 15) is 9.59 Å². The third-order valence-corrected chi connectivity index (χ3v) is 2.16. The summed E-state index contributed by atoms with van der Waals surface area (Å²) < 4.78 is 0. The Kier molecular flexibility index (Phi) is 4.05. The fraction of sp³-hybridized carbons (Fsp3) is 0.333. The van der Waals surface area contributed by atoms with Crippen LogP contribution in [0.1, 0.15) is 30.1 Å². The first-order valence-corrected chi connectivity index (χ1v) is 4.84. The van der Waals surface area contributed by atoms with E-state index in [0.29, 0.717) is 12.0 Å². The summed E-state index contributed by atoms with van der Waals surface area (Å²) in [5.41, 5.74) is 0.623. The lowest BCUT2D eigenvalue weighted by atomic mass is 9.95. The fourth-order valence-corrected chi connectivity index (χ4v) is 1.39. The Morgan fingerprint density at radius 3 is 2.50 bits per heavy atom. The molecule has 0 aromatic heterocycles. The van der Waals surface area contributed by atoms with Crippen LogP contribution in [0.2, 0.25) is 0 Å². The number of carbonyl (C=O) groups excluding carboxylic acids is 2. The van der Waals surface area contributed by atoms with E-state index in [-0.39, 0.29) is 5.78 Å². The lowest BCUT2D eigenvalue weighted by Gasteiger charge is -2.06. The average Bonchev–Trinajstić information content (AvgIpc) is 2.26. The normalized spacial score (nSPS) is 12.1. The Morgan fingerprint density at radius 2 is 2.00 bits per heavy atom. The van der Waals surface area contributed by atoms with E-state index in [1.54, 1.807) is 24.3 Å². The second-order valence-electron chi connectivity index (χ2n) is 3.26. The summed E-state index contributed by atoms with van der Waals surface area (Å²) >= 11 is 0. The van der Waals surface area contributed by atoms with E-state index in [0.717, 1.165) is 12.7 Å². The van der Waals surface area contributed by atoms with E-state index in [4.69, 9.17) is 0 Å². The van der Waals surface area contributed by atoms with Gasteiger partial charge in [-0.1, -0.05) is 43.7 Å². The van der Waals surface area contributed by atoms with Crippen molar-refractivity contribution in [3.05, 3.63) is 35.9 Å². The quantitative estimate of drug-likeness (QED) is 0.406. The molecule has 0 aliphatic carbocycles. The summed E-state index contributed by atoms with van der Waals surface area (Å²) in [4.78, 5) is 22.4. The fourth-order valence-electron chi connectivity index (χ4n) is 1.39. The predicted octanol–water partition coefficient (Wildman–Crippen LogP) is 2.48. The number of Topliss-reactive ketones (excluding diaryl/α,β-unsaturated/α-hetero) is 1. The van der Waals surface area contributed by atoms with Crippen molar-refractivity contribution in [3.8, 4) is 0 Å². The topological polar surface area (TPSA) is 34.1 Å². The van der Waals surface area contributed by atoms with Crippen LogP contribution in [0, 0.1) is 5.92 Å². The lowest BCUT2D eigenvalue weighted by Crippen LogP contribution is -2.15. The van der Waals surface area contributed by atoms with Crippen molar-refractivity contribution in [1.82, 2.24) is 0 Å². The van der Waals surface area contributed by atoms with E-state index in [1.165, 1.54) is 0 Å². The van der Waals surface area contributed by atoms with E-state index >= 15 is 0 Å². The molecule has 1 atom stereocenters. The molecule has 0 amide bonds. The highest BCUT2D eigenvalue weighted by Gasteiger charge is 2.17. The van der Waals surface area contributed by atoms with Gasteiger partial charge in [0.15, 0.2) is 5.78 Å². The number of benzene rings is 1. The van der Waals surface area contributed by atoms with E-state index in [1.807, 2.05) is 13.0 Å². The van der Waals surface area contributed by atoms with Gasteiger partial charge in [0.25, 0.3) is 0 Å². The zero-order valence-corrected chi connectivity index (χ0v) is 8.27. The van der Waals surface area contributed by atoms with Crippen LogP contribution in [0.3, 0.4) is 0 Å². The van der Waals surface area contributed by atoms with Crippen LogP contribution in [0.4, 0.5) is 0 Å². The Morgan fingerprint density at radius 1 is 1.36 bits per heavy atom. The molecule has 1 unspecified atom stereocenters. The number of hydrogen-bond donors (Lipinski definition) is 0. The maximum atomic E-state index is 11.7. The van der Waals surface area contributed by atoms with Crippen LogP contribution < -0.4 is 0 Å². The van der Waals surface area contributed by atoms with Crippen LogP contribution in [0.25, 0.3) is 0 Å². The molecule has 0 heterocycles. The van der Waals surface area contributed by atoms with Crippen LogP contribution in [-0.4, -0.2) is 12.1 Å². The summed E-state index contributed by atoms with van der Waals surface area (Å²) in [6, 6.07) is 8.96. The third-order valence-electron chi connectivity index (χ3n) is 2.16. The summed E-state index contributed by atoms with van der Waals surface area (Å²) in [6.45, 7) is 1.97. The highest BCUT2D eigenvalue weighted by atomic mass is 16.1. The Balaban J connectivity index is 2.78. The Labute approximate surface area is 83.9 Å². The van der Waals surface area contributed by atoms with Crippen molar-refractivity contribution >= 4 is 12.1 Å². The van der Waals surface area contributed by atoms with E-state index < -0.39 is 5.92 Å². The van der Waals surface area contributed by atoms with E-state index in [2.05, 4.69) is 0 Å². The molecule has 1 aromatic rings. The number of carbonyl (C=O) groups is 2. The Bertz CT molecular complexity index is 303. The monoisotopic (exact) mass is 190 g/mol. The van der Waals surface area contributed by atoms with Gasteiger partial charge in [-0.05, 0) is 6.42 Å². The summed E-state index contributed by atoms with van der Waals surface area (Å²) in [5.74, 6) is -0.537. The van der Waals surface area contributed by atoms with Gasteiger partial charge >= 0.3 is 0 Å². The number of aldehydes is 1. The highest BCUT2D eigenvalue weighted by molar-refractivity contribution is 6.05.